The predicted octanol–water partition coefficient (Wildman–Crippen LogP) is 8.47. The Morgan fingerprint density at radius 1 is 0.643 bits per heavy atom. The number of hydrogen-bond acceptors (Lipinski definition) is 12. The van der Waals surface area contributed by atoms with Crippen molar-refractivity contribution in [3.63, 3.8) is 0 Å². The lowest BCUT2D eigenvalue weighted by Gasteiger charge is -2.47. The van der Waals surface area contributed by atoms with Gasteiger partial charge in [0.05, 0.1) is 24.3 Å². The van der Waals surface area contributed by atoms with Crippen LogP contribution in [0.3, 0.4) is 0 Å². The number of azide groups is 1. The van der Waals surface area contributed by atoms with Gasteiger partial charge in [0.2, 0.25) is 0 Å². The van der Waals surface area contributed by atoms with E-state index >= 15 is 0 Å². The smallest absolute Gasteiger partial charge is 0.408 e. The molecule has 70 heavy (non-hydrogen) atoms. The summed E-state index contributed by atoms with van der Waals surface area (Å²) in [5.41, 5.74) is 11.8. The first-order valence-electron chi connectivity index (χ1n) is 22.7. The lowest BCUT2D eigenvalue weighted by atomic mass is 9.96. The third-order valence-electron chi connectivity index (χ3n) is 11.6. The molecule has 0 radical (unpaired) electrons. The number of carbonyl (C=O) groups is 4. The van der Waals surface area contributed by atoms with Gasteiger partial charge in [-0.3, -0.25) is 0 Å². The zero-order chi connectivity index (χ0) is 49.4. The summed E-state index contributed by atoms with van der Waals surface area (Å²) in [7, 11) is -3.34. The van der Waals surface area contributed by atoms with E-state index in [2.05, 4.69) is 36.1 Å². The van der Waals surface area contributed by atoms with Crippen molar-refractivity contribution in [2.24, 2.45) is 5.11 Å². The van der Waals surface area contributed by atoms with Crippen LogP contribution in [-0.2, 0) is 50.9 Å². The fraction of sp³-hybridized carbons (Fsp3) is 0.259. The Morgan fingerprint density at radius 2 is 1.09 bits per heavy atom. The number of ether oxygens (including phenoxy) is 6. The van der Waals surface area contributed by atoms with Crippen LogP contribution in [0.15, 0.2) is 187 Å². The molecule has 360 valence electrons. The molecule has 6 atom stereocenters. The summed E-state index contributed by atoms with van der Waals surface area (Å²) in [5, 5.41) is 7.93. The van der Waals surface area contributed by atoms with Gasteiger partial charge in [-0.1, -0.05) is 184 Å². The number of nitrogens with zero attached hydrogens (tertiary/aromatic N) is 3. The van der Waals surface area contributed by atoms with E-state index in [4.69, 9.17) is 32.8 Å². The molecule has 0 spiro atoms. The number of carbonyl (C=O) groups excluding carboxylic acids is 4. The third-order valence-corrected chi connectivity index (χ3v) is 16.6. The fourth-order valence-corrected chi connectivity index (χ4v) is 12.8. The molecule has 1 N–H and O–H groups in total. The molecule has 0 bridgehead atoms. The second kappa shape index (κ2) is 24.1. The largest absolute Gasteiger partial charge is 0.459 e. The molecular weight excluding hydrogens is 909 g/mol. The van der Waals surface area contributed by atoms with Gasteiger partial charge in [-0.25, -0.2) is 19.2 Å². The van der Waals surface area contributed by atoms with Crippen molar-refractivity contribution >= 4 is 42.7 Å². The third kappa shape index (κ3) is 12.7. The second-order valence-corrected chi connectivity index (χ2v) is 21.7. The quantitative estimate of drug-likeness (QED) is 0.0204. The van der Waals surface area contributed by atoms with Crippen molar-refractivity contribution in [2.75, 3.05) is 13.2 Å². The van der Waals surface area contributed by atoms with Crippen molar-refractivity contribution < 1.29 is 52.0 Å². The highest BCUT2D eigenvalue weighted by Crippen LogP contribution is 2.38. The van der Waals surface area contributed by atoms with E-state index in [1.807, 2.05) is 72.8 Å². The van der Waals surface area contributed by atoms with E-state index in [9.17, 15) is 24.7 Å². The Morgan fingerprint density at radius 3 is 1.56 bits per heavy atom. The topological polar surface area (TPSA) is 194 Å². The summed E-state index contributed by atoms with van der Waals surface area (Å²) in [6, 6.07) is 50.9. The van der Waals surface area contributed by atoms with Crippen molar-refractivity contribution in [1.82, 2.24) is 5.32 Å². The lowest BCUT2D eigenvalue weighted by Crippen LogP contribution is -2.68. The minimum atomic E-state index is -3.34. The van der Waals surface area contributed by atoms with Crippen LogP contribution in [0.25, 0.3) is 10.4 Å². The average molecular weight is 963 g/mol. The molecule has 0 unspecified atom stereocenters. The molecular formula is C54H54N4O11Si. The van der Waals surface area contributed by atoms with Crippen LogP contribution in [0.4, 0.5) is 4.79 Å². The molecule has 7 rings (SSSR count). The second-order valence-electron chi connectivity index (χ2n) is 17.4. The van der Waals surface area contributed by atoms with Gasteiger partial charge in [0.15, 0.2) is 24.5 Å². The van der Waals surface area contributed by atoms with Gasteiger partial charge in [0, 0.05) is 4.91 Å². The molecule has 0 aliphatic carbocycles. The molecule has 15 nitrogen and oxygen atoms in total. The Balaban J connectivity index is 1.27. The van der Waals surface area contributed by atoms with Crippen LogP contribution in [0.5, 0.6) is 0 Å². The predicted molar refractivity (Wildman–Crippen MR) is 262 cm³/mol. The van der Waals surface area contributed by atoms with E-state index in [1.165, 1.54) is 0 Å². The number of rotatable bonds is 19. The maximum atomic E-state index is 14.1. The highest BCUT2D eigenvalue weighted by Gasteiger charge is 2.55. The lowest BCUT2D eigenvalue weighted by molar-refractivity contribution is -0.264. The minimum absolute atomic E-state index is 0.103. The SMILES string of the molecule is CC(C)(C)[Si](OC[C@H]1O[C@H](OC[C@H](NC(=O)OCc2ccccc2)C(=O)OCc2ccccc2)[C@H](N=[N+]=[N-])[C@@H](OC(=O)c2ccccc2)[C@H]1OC(=O)c1ccccc1)(c1ccccc1)c1ccccc1. The first-order valence-corrected chi connectivity index (χ1v) is 24.6. The van der Waals surface area contributed by atoms with Crippen molar-refractivity contribution in [1.29, 1.82) is 0 Å². The van der Waals surface area contributed by atoms with E-state index in [-0.39, 0.29) is 30.9 Å². The van der Waals surface area contributed by atoms with Gasteiger partial charge in [-0.05, 0) is 56.3 Å². The molecule has 0 aromatic heterocycles. The molecule has 0 saturated carbocycles. The van der Waals surface area contributed by atoms with E-state index in [0.29, 0.717) is 11.1 Å². The maximum absolute atomic E-state index is 14.1. The molecule has 6 aromatic rings. The Kier molecular flexibility index (Phi) is 17.3. The Labute approximate surface area is 407 Å². The van der Waals surface area contributed by atoms with Crippen LogP contribution in [0.1, 0.15) is 52.6 Å². The molecule has 16 heteroatoms. The first-order chi connectivity index (χ1) is 34.0. The van der Waals surface area contributed by atoms with Crippen LogP contribution in [0.2, 0.25) is 5.04 Å². The van der Waals surface area contributed by atoms with Gasteiger partial charge in [-0.15, -0.1) is 0 Å². The van der Waals surface area contributed by atoms with E-state index in [0.717, 1.165) is 10.4 Å². The zero-order valence-corrected chi connectivity index (χ0v) is 39.9. The number of nitrogens with one attached hydrogen (secondary N) is 1. The summed E-state index contributed by atoms with van der Waals surface area (Å²) >= 11 is 0. The molecule has 1 aliphatic heterocycles. The number of hydrogen-bond donors (Lipinski definition) is 1. The Bertz CT molecular complexity index is 2640. The van der Waals surface area contributed by atoms with E-state index < -0.39 is 80.6 Å². The zero-order valence-electron chi connectivity index (χ0n) is 38.9. The average Bonchev–Trinajstić information content (AvgIpc) is 3.39. The number of amides is 1. The standard InChI is InChI=1S/C54H54N4O11Si/c1-54(2,3)70(42-30-18-8-19-31-42,43-32-20-9-21-33-43)66-37-45-47(68-49(59)40-26-14-6-15-27-40)48(69-50(60)41-28-16-7-17-29-41)46(57-58-55)52(67-45)64-36-44(51(61)63-34-38-22-10-4-11-23-38)56-53(62)65-35-39-24-12-5-13-25-39/h4-33,44-48,52H,34-37H2,1-3H3,(H,56,62)/t44-,45+,46+,47-,48+,52-/m0/s1. The summed E-state index contributed by atoms with van der Waals surface area (Å²) < 4.78 is 44.1. The molecule has 1 aliphatic rings. The highest BCUT2D eigenvalue weighted by molar-refractivity contribution is 6.99. The number of benzene rings is 6. The van der Waals surface area contributed by atoms with Gasteiger partial charge in [0.1, 0.15) is 25.4 Å². The molecule has 1 heterocycles. The summed E-state index contributed by atoms with van der Waals surface area (Å²) in [6.07, 6.45) is -6.91. The van der Waals surface area contributed by atoms with E-state index in [1.54, 1.807) is 109 Å². The van der Waals surface area contributed by atoms with Crippen LogP contribution >= 0.6 is 0 Å². The fourth-order valence-electron chi connectivity index (χ4n) is 8.22. The van der Waals surface area contributed by atoms with Gasteiger partial charge in [-0.2, -0.15) is 0 Å². The first kappa shape index (κ1) is 50.3. The van der Waals surface area contributed by atoms with Gasteiger partial charge in [0.25, 0.3) is 8.32 Å². The summed E-state index contributed by atoms with van der Waals surface area (Å²) in [4.78, 5) is 58.5. The minimum Gasteiger partial charge on any atom is -0.459 e. The normalized spacial score (nSPS) is 18.2. The molecule has 1 amide bonds. The summed E-state index contributed by atoms with van der Waals surface area (Å²) in [5.74, 6) is -2.50. The van der Waals surface area contributed by atoms with Crippen molar-refractivity contribution in [2.45, 2.75) is 75.7 Å². The van der Waals surface area contributed by atoms with Crippen LogP contribution in [-0.4, -0.2) is 82.2 Å². The van der Waals surface area contributed by atoms with Crippen molar-refractivity contribution in [3.05, 3.63) is 215 Å². The summed E-state index contributed by atoms with van der Waals surface area (Å²) in [6.45, 7) is 5.16. The molecule has 1 fully saturated rings. The van der Waals surface area contributed by atoms with Crippen LogP contribution in [0, 0.1) is 0 Å². The molecule has 1 saturated heterocycles. The monoisotopic (exact) mass is 962 g/mol. The van der Waals surface area contributed by atoms with Crippen molar-refractivity contribution in [3.8, 4) is 0 Å². The number of esters is 3. The molecule has 6 aromatic carbocycles. The Hall–Kier alpha value is -7.59. The number of alkyl carbamates (subject to hydrolysis) is 1. The highest BCUT2D eigenvalue weighted by atomic mass is 28.4. The van der Waals surface area contributed by atoms with Gasteiger partial charge >= 0.3 is 24.0 Å². The maximum Gasteiger partial charge on any atom is 0.408 e. The van der Waals surface area contributed by atoms with Gasteiger partial charge < -0.3 is 38.2 Å². The van der Waals surface area contributed by atoms with Crippen LogP contribution < -0.4 is 15.7 Å².